The van der Waals surface area contributed by atoms with E-state index in [1.54, 1.807) is 13.3 Å². The Labute approximate surface area is 208 Å². The molecule has 1 amide bonds. The first kappa shape index (κ1) is 23.1. The van der Waals surface area contributed by atoms with E-state index in [-0.39, 0.29) is 18.5 Å². The van der Waals surface area contributed by atoms with Crippen LogP contribution < -0.4 is 29.3 Å². The first-order valence-corrected chi connectivity index (χ1v) is 12.4. The molecule has 2 aliphatic heterocycles. The van der Waals surface area contributed by atoms with E-state index in [1.165, 1.54) is 11.8 Å². The molecule has 1 N–H and O–H groups in total. The van der Waals surface area contributed by atoms with Crippen LogP contribution in [0.15, 0.2) is 59.9 Å². The number of methoxy groups -OCH3 is 1. The quantitative estimate of drug-likeness (QED) is 0.376. The Morgan fingerprint density at radius 3 is 2.71 bits per heavy atom. The zero-order valence-electron chi connectivity index (χ0n) is 19.5. The zero-order chi connectivity index (χ0) is 24.0. The van der Waals surface area contributed by atoms with Crippen molar-refractivity contribution in [2.24, 2.45) is 0 Å². The maximum atomic E-state index is 12.4. The highest BCUT2D eigenvalue weighted by Crippen LogP contribution is 2.32. The van der Waals surface area contributed by atoms with Crippen LogP contribution >= 0.6 is 11.8 Å². The van der Waals surface area contributed by atoms with Crippen LogP contribution in [0.25, 0.3) is 0 Å². The number of hydrogen-bond donors (Lipinski definition) is 1. The fraction of sp³-hybridized carbons (Fsp3) is 0.320. The number of para-hydroxylation sites is 2. The van der Waals surface area contributed by atoms with E-state index in [1.807, 2.05) is 42.5 Å². The van der Waals surface area contributed by atoms with Crippen molar-refractivity contribution >= 4 is 29.2 Å². The van der Waals surface area contributed by atoms with E-state index in [2.05, 4.69) is 31.2 Å². The Hall–Kier alpha value is -3.66. The molecule has 0 atom stereocenters. The molecule has 0 radical (unpaired) electrons. The largest absolute Gasteiger partial charge is 0.495 e. The van der Waals surface area contributed by atoms with E-state index >= 15 is 0 Å². The lowest BCUT2D eigenvalue weighted by Crippen LogP contribution is -2.47. The van der Waals surface area contributed by atoms with Crippen LogP contribution in [-0.2, 0) is 11.3 Å². The smallest absolute Gasteiger partial charge is 0.231 e. The molecule has 3 heterocycles. The van der Waals surface area contributed by atoms with Crippen molar-refractivity contribution in [2.75, 3.05) is 55.6 Å². The van der Waals surface area contributed by atoms with E-state index in [0.29, 0.717) is 17.5 Å². The summed E-state index contributed by atoms with van der Waals surface area (Å²) >= 11 is 1.33. The minimum atomic E-state index is -0.0768. The molecule has 2 aromatic carbocycles. The summed E-state index contributed by atoms with van der Waals surface area (Å²) in [5.74, 6) is 3.37. The second kappa shape index (κ2) is 10.7. The van der Waals surface area contributed by atoms with Gasteiger partial charge in [-0.25, -0.2) is 9.97 Å². The average molecular weight is 494 g/mol. The van der Waals surface area contributed by atoms with Crippen LogP contribution in [0.3, 0.4) is 0 Å². The number of amides is 1. The fourth-order valence-electron chi connectivity index (χ4n) is 4.08. The van der Waals surface area contributed by atoms with Gasteiger partial charge in [0.1, 0.15) is 11.6 Å². The SMILES string of the molecule is COc1ccccc1N1CCN(c2ccnc(SCC(=O)NCc3ccc4c(c3)OCO4)n2)CC1. The number of ether oxygens (including phenoxy) is 3. The molecular weight excluding hydrogens is 466 g/mol. The number of piperazine rings is 1. The van der Waals surface area contributed by atoms with Crippen molar-refractivity contribution in [3.8, 4) is 17.2 Å². The van der Waals surface area contributed by atoms with Gasteiger partial charge in [0.05, 0.1) is 18.6 Å². The maximum absolute atomic E-state index is 12.4. The van der Waals surface area contributed by atoms with Crippen LogP contribution in [0.5, 0.6) is 17.2 Å². The summed E-state index contributed by atoms with van der Waals surface area (Å²) in [5.41, 5.74) is 2.07. The molecule has 35 heavy (non-hydrogen) atoms. The highest BCUT2D eigenvalue weighted by molar-refractivity contribution is 7.99. The number of hydrogen-bond acceptors (Lipinski definition) is 9. The van der Waals surface area contributed by atoms with E-state index in [4.69, 9.17) is 14.2 Å². The molecule has 0 bridgehead atoms. The van der Waals surface area contributed by atoms with Gasteiger partial charge in [0.15, 0.2) is 16.7 Å². The first-order chi connectivity index (χ1) is 17.2. The molecule has 0 unspecified atom stereocenters. The lowest BCUT2D eigenvalue weighted by Gasteiger charge is -2.37. The number of carbonyl (C=O) groups excluding carboxylic acids is 1. The summed E-state index contributed by atoms with van der Waals surface area (Å²) in [5, 5.41) is 3.52. The molecule has 2 aliphatic rings. The van der Waals surface area contributed by atoms with Gasteiger partial charge in [0.25, 0.3) is 0 Å². The molecule has 0 saturated carbocycles. The fourth-order valence-corrected chi connectivity index (χ4v) is 4.73. The minimum absolute atomic E-state index is 0.0768. The van der Waals surface area contributed by atoms with Crippen LogP contribution in [0.2, 0.25) is 0 Å². The number of nitrogens with one attached hydrogen (secondary N) is 1. The van der Waals surface area contributed by atoms with Crippen LogP contribution in [0, 0.1) is 0 Å². The molecular formula is C25H27N5O4S. The molecule has 3 aromatic rings. The van der Waals surface area contributed by atoms with Gasteiger partial charge in [-0.05, 0) is 35.9 Å². The standard InChI is InChI=1S/C25H27N5O4S/c1-32-20-5-3-2-4-19(20)29-10-12-30(13-11-29)23-8-9-26-25(28-23)35-16-24(31)27-15-18-6-7-21-22(14-18)34-17-33-21/h2-9,14H,10-13,15-17H2,1H3,(H,27,31). The molecule has 9 nitrogen and oxygen atoms in total. The lowest BCUT2D eigenvalue weighted by molar-refractivity contribution is -0.118. The van der Waals surface area contributed by atoms with Crippen LogP contribution in [0.4, 0.5) is 11.5 Å². The molecule has 0 aliphatic carbocycles. The van der Waals surface area contributed by atoms with Gasteiger partial charge in [-0.15, -0.1) is 0 Å². The van der Waals surface area contributed by atoms with Gasteiger partial charge in [-0.2, -0.15) is 0 Å². The Balaban J connectivity index is 1.11. The summed E-state index contributed by atoms with van der Waals surface area (Å²) in [6.07, 6.45) is 1.75. The van der Waals surface area contributed by atoms with Crippen molar-refractivity contribution in [3.63, 3.8) is 0 Å². The number of benzene rings is 2. The number of carbonyl (C=O) groups is 1. The summed E-state index contributed by atoms with van der Waals surface area (Å²) in [4.78, 5) is 26.0. The number of fused-ring (bicyclic) bond motifs is 1. The number of anilines is 2. The minimum Gasteiger partial charge on any atom is -0.495 e. The summed E-state index contributed by atoms with van der Waals surface area (Å²) in [6.45, 7) is 4.08. The maximum Gasteiger partial charge on any atom is 0.231 e. The second-order valence-corrected chi connectivity index (χ2v) is 9.04. The summed E-state index contributed by atoms with van der Waals surface area (Å²) < 4.78 is 16.2. The van der Waals surface area contributed by atoms with Gasteiger partial charge < -0.3 is 29.3 Å². The summed E-state index contributed by atoms with van der Waals surface area (Å²) in [6, 6.07) is 15.7. The van der Waals surface area contributed by atoms with E-state index < -0.39 is 0 Å². The van der Waals surface area contributed by atoms with Gasteiger partial charge >= 0.3 is 0 Å². The van der Waals surface area contributed by atoms with Crippen LogP contribution in [0.1, 0.15) is 5.56 Å². The Bertz CT molecular complexity index is 1190. The van der Waals surface area contributed by atoms with Gasteiger partial charge in [0.2, 0.25) is 12.7 Å². The molecule has 1 aromatic heterocycles. The third kappa shape index (κ3) is 5.54. The Morgan fingerprint density at radius 1 is 1.06 bits per heavy atom. The van der Waals surface area contributed by atoms with Crippen molar-refractivity contribution in [1.82, 2.24) is 15.3 Å². The third-order valence-electron chi connectivity index (χ3n) is 5.91. The van der Waals surface area contributed by atoms with E-state index in [9.17, 15) is 4.79 Å². The average Bonchev–Trinajstić information content (AvgIpc) is 3.39. The zero-order valence-corrected chi connectivity index (χ0v) is 20.3. The lowest BCUT2D eigenvalue weighted by atomic mass is 10.2. The number of thioether (sulfide) groups is 1. The highest BCUT2D eigenvalue weighted by atomic mass is 32.2. The monoisotopic (exact) mass is 493 g/mol. The third-order valence-corrected chi connectivity index (χ3v) is 6.77. The molecule has 5 rings (SSSR count). The molecule has 182 valence electrons. The summed E-state index contributed by atoms with van der Waals surface area (Å²) in [7, 11) is 1.70. The normalized spacial score (nSPS) is 14.7. The topological polar surface area (TPSA) is 89.1 Å². The Kier molecular flexibility index (Phi) is 7.08. The first-order valence-electron chi connectivity index (χ1n) is 11.4. The molecule has 10 heteroatoms. The van der Waals surface area contributed by atoms with Gasteiger partial charge in [-0.1, -0.05) is 30.0 Å². The number of aromatic nitrogens is 2. The van der Waals surface area contributed by atoms with E-state index in [0.717, 1.165) is 54.7 Å². The predicted molar refractivity (Wildman–Crippen MR) is 135 cm³/mol. The molecule has 0 spiro atoms. The van der Waals surface area contributed by atoms with Gasteiger partial charge in [-0.3, -0.25) is 4.79 Å². The second-order valence-electron chi connectivity index (χ2n) is 8.10. The Morgan fingerprint density at radius 2 is 1.86 bits per heavy atom. The van der Waals surface area contributed by atoms with Crippen LogP contribution in [-0.4, -0.2) is 61.7 Å². The highest BCUT2D eigenvalue weighted by Gasteiger charge is 2.21. The van der Waals surface area contributed by atoms with Crippen molar-refractivity contribution in [2.45, 2.75) is 11.7 Å². The molecule has 1 fully saturated rings. The number of nitrogens with zero attached hydrogens (tertiary/aromatic N) is 4. The van der Waals surface area contributed by atoms with Crippen molar-refractivity contribution in [3.05, 3.63) is 60.3 Å². The molecule has 1 saturated heterocycles. The van der Waals surface area contributed by atoms with Crippen molar-refractivity contribution < 1.29 is 19.0 Å². The van der Waals surface area contributed by atoms with Gasteiger partial charge in [0, 0.05) is 38.9 Å². The number of rotatable bonds is 8. The van der Waals surface area contributed by atoms with Crippen molar-refractivity contribution in [1.29, 1.82) is 0 Å². The predicted octanol–water partition coefficient (Wildman–Crippen LogP) is 2.95.